The number of hydrogen-bond donors (Lipinski definition) is 3. The summed E-state index contributed by atoms with van der Waals surface area (Å²) >= 11 is 0. The fourth-order valence-electron chi connectivity index (χ4n) is 3.23. The third-order valence-electron chi connectivity index (χ3n) is 4.62. The Hall–Kier alpha value is -1.62. The lowest BCUT2D eigenvalue weighted by Crippen LogP contribution is -2.49. The lowest BCUT2D eigenvalue weighted by molar-refractivity contribution is 0.206. The van der Waals surface area contributed by atoms with E-state index in [1.165, 1.54) is 13.0 Å². The highest BCUT2D eigenvalue weighted by Crippen LogP contribution is 2.14. The number of nitrogens with one attached hydrogen (secondary N) is 3. The van der Waals surface area contributed by atoms with Crippen molar-refractivity contribution in [3.05, 3.63) is 24.2 Å². The van der Waals surface area contributed by atoms with Crippen LogP contribution in [0.1, 0.15) is 32.0 Å². The predicted molar refractivity (Wildman–Crippen MR) is 117 cm³/mol. The highest BCUT2D eigenvalue weighted by atomic mass is 127. The second kappa shape index (κ2) is 11.3. The van der Waals surface area contributed by atoms with Crippen molar-refractivity contribution < 1.29 is 4.42 Å². The smallest absolute Gasteiger partial charge is 0.216 e. The number of piperidine rings is 1. The average Bonchev–Trinajstić information content (AvgIpc) is 3.34. The first-order chi connectivity index (χ1) is 12.8. The summed E-state index contributed by atoms with van der Waals surface area (Å²) in [5.41, 5.74) is 0. The molecule has 0 aromatic carbocycles. The van der Waals surface area contributed by atoms with E-state index < -0.39 is 0 Å². The van der Waals surface area contributed by atoms with Crippen LogP contribution in [0, 0.1) is 0 Å². The molecule has 0 amide bonds. The summed E-state index contributed by atoms with van der Waals surface area (Å²) in [7, 11) is 1.81. The molecular weight excluding hydrogens is 457 g/mol. The van der Waals surface area contributed by atoms with Crippen LogP contribution < -0.4 is 10.6 Å². The molecule has 1 saturated heterocycles. The summed E-state index contributed by atoms with van der Waals surface area (Å²) < 4.78 is 5.31. The molecule has 9 heteroatoms. The van der Waals surface area contributed by atoms with Gasteiger partial charge in [0.2, 0.25) is 5.82 Å². The van der Waals surface area contributed by atoms with E-state index in [-0.39, 0.29) is 24.0 Å². The van der Waals surface area contributed by atoms with Crippen molar-refractivity contribution in [1.82, 2.24) is 30.7 Å². The van der Waals surface area contributed by atoms with Crippen LogP contribution in [-0.4, -0.2) is 65.3 Å². The Morgan fingerprint density at radius 3 is 2.89 bits per heavy atom. The fourth-order valence-corrected chi connectivity index (χ4v) is 3.23. The minimum absolute atomic E-state index is 0. The molecule has 1 fully saturated rings. The van der Waals surface area contributed by atoms with Crippen LogP contribution in [0.2, 0.25) is 0 Å². The van der Waals surface area contributed by atoms with E-state index in [4.69, 9.17) is 4.42 Å². The lowest BCUT2D eigenvalue weighted by atomic mass is 10.1. The molecule has 2 aromatic heterocycles. The second-order valence-corrected chi connectivity index (χ2v) is 6.59. The van der Waals surface area contributed by atoms with E-state index in [1.807, 2.05) is 19.2 Å². The maximum absolute atomic E-state index is 5.31. The molecule has 0 bridgehead atoms. The maximum Gasteiger partial charge on any atom is 0.216 e. The van der Waals surface area contributed by atoms with Crippen molar-refractivity contribution in [2.24, 2.45) is 4.99 Å². The van der Waals surface area contributed by atoms with Crippen molar-refractivity contribution >= 4 is 29.9 Å². The Morgan fingerprint density at radius 2 is 2.22 bits per heavy atom. The Bertz CT molecular complexity index is 678. The zero-order chi connectivity index (χ0) is 18.2. The molecule has 27 heavy (non-hydrogen) atoms. The molecule has 0 spiro atoms. The largest absolute Gasteiger partial charge is 0.461 e. The molecule has 2 aromatic rings. The number of H-pyrrole nitrogens is 1. The van der Waals surface area contributed by atoms with Gasteiger partial charge in [0.05, 0.1) is 6.26 Å². The van der Waals surface area contributed by atoms with Crippen LogP contribution in [0.25, 0.3) is 11.6 Å². The quantitative estimate of drug-likeness (QED) is 0.315. The van der Waals surface area contributed by atoms with E-state index in [0.717, 1.165) is 50.7 Å². The molecule has 0 aliphatic carbocycles. The molecule has 3 rings (SSSR count). The van der Waals surface area contributed by atoms with E-state index >= 15 is 0 Å². The fraction of sp³-hybridized carbons (Fsp3) is 0.611. The van der Waals surface area contributed by atoms with Crippen molar-refractivity contribution in [2.75, 3.05) is 33.2 Å². The van der Waals surface area contributed by atoms with Crippen LogP contribution in [0.4, 0.5) is 0 Å². The van der Waals surface area contributed by atoms with Gasteiger partial charge in [0.25, 0.3) is 0 Å². The summed E-state index contributed by atoms with van der Waals surface area (Å²) in [5.74, 6) is 2.94. The van der Waals surface area contributed by atoms with E-state index in [9.17, 15) is 0 Å². The minimum atomic E-state index is 0. The van der Waals surface area contributed by atoms with Crippen molar-refractivity contribution in [2.45, 2.75) is 38.6 Å². The molecule has 0 unspecified atom stereocenters. The minimum Gasteiger partial charge on any atom is -0.461 e. The SMILES string of the molecule is CCCN1CCC(NC(=NC)NCCc2nc(-c3ccco3)n[nH]2)CC1.I. The number of guanidine groups is 1. The van der Waals surface area contributed by atoms with Crippen molar-refractivity contribution in [3.63, 3.8) is 0 Å². The molecule has 0 saturated carbocycles. The number of aromatic nitrogens is 3. The average molecular weight is 487 g/mol. The monoisotopic (exact) mass is 487 g/mol. The molecule has 3 heterocycles. The molecule has 8 nitrogen and oxygen atoms in total. The third-order valence-corrected chi connectivity index (χ3v) is 4.62. The second-order valence-electron chi connectivity index (χ2n) is 6.59. The first-order valence-electron chi connectivity index (χ1n) is 9.43. The molecule has 150 valence electrons. The van der Waals surface area contributed by atoms with Crippen molar-refractivity contribution in [3.8, 4) is 11.6 Å². The first-order valence-corrected chi connectivity index (χ1v) is 9.43. The molecule has 0 atom stereocenters. The summed E-state index contributed by atoms with van der Waals surface area (Å²) in [6.45, 7) is 6.51. The van der Waals surface area contributed by atoms with Gasteiger partial charge < -0.3 is 20.0 Å². The third kappa shape index (κ3) is 6.49. The number of aliphatic imine (C=N–C) groups is 1. The number of rotatable bonds is 7. The van der Waals surface area contributed by atoms with E-state index in [2.05, 4.69) is 42.6 Å². The zero-order valence-corrected chi connectivity index (χ0v) is 18.4. The highest BCUT2D eigenvalue weighted by molar-refractivity contribution is 14.0. The predicted octanol–water partition coefficient (Wildman–Crippen LogP) is 2.26. The topological polar surface area (TPSA) is 94.4 Å². The van der Waals surface area contributed by atoms with Crippen LogP contribution in [0.5, 0.6) is 0 Å². The molecule has 3 N–H and O–H groups in total. The summed E-state index contributed by atoms with van der Waals surface area (Å²) in [6, 6.07) is 4.17. The van der Waals surface area contributed by atoms with Crippen LogP contribution in [0.3, 0.4) is 0 Å². The van der Waals surface area contributed by atoms with Crippen LogP contribution in [0.15, 0.2) is 27.8 Å². The van der Waals surface area contributed by atoms with Gasteiger partial charge in [-0.05, 0) is 37.9 Å². The Morgan fingerprint density at radius 1 is 1.41 bits per heavy atom. The molecule has 1 aliphatic heterocycles. The Labute approximate surface area is 177 Å². The lowest BCUT2D eigenvalue weighted by Gasteiger charge is -2.32. The molecule has 0 radical (unpaired) electrons. The van der Waals surface area contributed by atoms with Gasteiger partial charge in [-0.2, -0.15) is 5.10 Å². The van der Waals surface area contributed by atoms with Gasteiger partial charge in [0.15, 0.2) is 11.7 Å². The van der Waals surface area contributed by atoms with Crippen LogP contribution in [-0.2, 0) is 6.42 Å². The van der Waals surface area contributed by atoms with E-state index in [1.54, 1.807) is 6.26 Å². The first kappa shape index (κ1) is 21.7. The summed E-state index contributed by atoms with van der Waals surface area (Å²) in [4.78, 5) is 11.3. The van der Waals surface area contributed by atoms with Crippen molar-refractivity contribution in [1.29, 1.82) is 0 Å². The van der Waals surface area contributed by atoms with Gasteiger partial charge >= 0.3 is 0 Å². The number of nitrogens with zero attached hydrogens (tertiary/aromatic N) is 4. The molecular formula is C18H30IN7O. The Balaban J connectivity index is 0.00000261. The number of hydrogen-bond acceptors (Lipinski definition) is 5. The standard InChI is InChI=1S/C18H29N7O.HI/c1-3-10-25-11-7-14(8-12-25)21-18(19-2)20-9-6-16-22-17(24-23-16)15-5-4-13-26-15;/h4-5,13-14H,3,6-12H2,1-2H3,(H2,19,20,21)(H,22,23,24);1H. The highest BCUT2D eigenvalue weighted by Gasteiger charge is 2.19. The summed E-state index contributed by atoms with van der Waals surface area (Å²) in [6.07, 6.45) is 5.91. The van der Waals surface area contributed by atoms with E-state index in [0.29, 0.717) is 17.6 Å². The van der Waals surface area contributed by atoms with Gasteiger partial charge in [0.1, 0.15) is 5.82 Å². The number of furan rings is 1. The zero-order valence-electron chi connectivity index (χ0n) is 16.1. The van der Waals surface area contributed by atoms with Gasteiger partial charge in [-0.1, -0.05) is 6.92 Å². The Kier molecular flexibility index (Phi) is 9.05. The van der Waals surface area contributed by atoms with Gasteiger partial charge in [-0.3, -0.25) is 10.1 Å². The normalized spacial score (nSPS) is 16.1. The molecule has 1 aliphatic rings. The van der Waals surface area contributed by atoms with Crippen LogP contribution >= 0.6 is 24.0 Å². The van der Waals surface area contributed by atoms with Gasteiger partial charge in [0, 0.05) is 39.1 Å². The van der Waals surface area contributed by atoms with Gasteiger partial charge in [-0.15, -0.1) is 24.0 Å². The maximum atomic E-state index is 5.31. The van der Waals surface area contributed by atoms with Gasteiger partial charge in [-0.25, -0.2) is 4.98 Å². The number of halogens is 1. The number of likely N-dealkylation sites (tertiary alicyclic amines) is 1. The number of aromatic amines is 1. The summed E-state index contributed by atoms with van der Waals surface area (Å²) in [5, 5.41) is 14.0.